The Kier molecular flexibility index (Phi) is 2.50. The first-order chi connectivity index (χ1) is 4.70. The van der Waals surface area contributed by atoms with Crippen molar-refractivity contribution in [3.8, 4) is 0 Å². The van der Waals surface area contributed by atoms with E-state index in [1.807, 2.05) is 0 Å². The highest BCUT2D eigenvalue weighted by molar-refractivity contribution is 5.05. The maximum atomic E-state index is 5.44. The third-order valence-corrected chi connectivity index (χ3v) is 2.07. The topological polar surface area (TPSA) is 9.23 Å². The van der Waals surface area contributed by atoms with Gasteiger partial charge >= 0.3 is 0 Å². The Labute approximate surface area is 63.1 Å². The van der Waals surface area contributed by atoms with Gasteiger partial charge < -0.3 is 4.74 Å². The molecule has 1 heterocycles. The Morgan fingerprint density at radius 2 is 2.10 bits per heavy atom. The fourth-order valence-electron chi connectivity index (χ4n) is 1.22. The molecule has 1 heteroatoms. The molecule has 0 bridgehead atoms. The van der Waals surface area contributed by atoms with Gasteiger partial charge in [-0.25, -0.2) is 0 Å². The molecule has 0 amide bonds. The van der Waals surface area contributed by atoms with Gasteiger partial charge in [-0.15, -0.1) is 0 Å². The van der Waals surface area contributed by atoms with E-state index in [-0.39, 0.29) is 0 Å². The Bertz CT molecular complexity index is 138. The van der Waals surface area contributed by atoms with Gasteiger partial charge in [0, 0.05) is 5.92 Å². The van der Waals surface area contributed by atoms with Crippen LogP contribution in [-0.2, 0) is 4.74 Å². The van der Waals surface area contributed by atoms with Gasteiger partial charge in [-0.1, -0.05) is 25.5 Å². The van der Waals surface area contributed by atoms with Crippen LogP contribution in [-0.4, -0.2) is 13.2 Å². The molecule has 1 nitrogen and oxygen atoms in total. The van der Waals surface area contributed by atoms with Crippen molar-refractivity contribution in [3.05, 3.63) is 11.6 Å². The van der Waals surface area contributed by atoms with Crippen molar-refractivity contribution in [1.82, 2.24) is 0 Å². The normalized spacial score (nSPS) is 34.9. The largest absolute Gasteiger partial charge is 0.380 e. The Hall–Kier alpha value is -0.300. The van der Waals surface area contributed by atoms with Crippen molar-refractivity contribution in [2.24, 2.45) is 11.8 Å². The standard InChI is InChI=1S/C9H16O/c1-7-4-8(2)9(3)6-10-5-7/h4,7,9H,5-6H2,1-3H3/t7-,9+/m0/s1. The zero-order chi connectivity index (χ0) is 7.56. The number of rotatable bonds is 0. The van der Waals surface area contributed by atoms with E-state index in [1.54, 1.807) is 0 Å². The molecule has 0 unspecified atom stereocenters. The van der Waals surface area contributed by atoms with Gasteiger partial charge in [-0.2, -0.15) is 0 Å². The fraction of sp³-hybridized carbons (Fsp3) is 0.778. The second-order valence-corrected chi connectivity index (χ2v) is 3.33. The molecule has 1 rings (SSSR count). The summed E-state index contributed by atoms with van der Waals surface area (Å²) in [6, 6.07) is 0. The molecule has 0 aliphatic carbocycles. The predicted octanol–water partition coefficient (Wildman–Crippen LogP) is 2.24. The van der Waals surface area contributed by atoms with Crippen molar-refractivity contribution in [1.29, 1.82) is 0 Å². The van der Waals surface area contributed by atoms with Gasteiger partial charge in [0.1, 0.15) is 0 Å². The lowest BCUT2D eigenvalue weighted by molar-refractivity contribution is 0.106. The summed E-state index contributed by atoms with van der Waals surface area (Å²) in [5.41, 5.74) is 1.48. The summed E-state index contributed by atoms with van der Waals surface area (Å²) in [5, 5.41) is 0. The van der Waals surface area contributed by atoms with Crippen LogP contribution in [0.1, 0.15) is 20.8 Å². The lowest BCUT2D eigenvalue weighted by atomic mass is 10.0. The fourth-order valence-corrected chi connectivity index (χ4v) is 1.22. The maximum Gasteiger partial charge on any atom is 0.0528 e. The summed E-state index contributed by atoms with van der Waals surface area (Å²) in [6.07, 6.45) is 2.32. The van der Waals surface area contributed by atoms with Crippen LogP contribution in [0.15, 0.2) is 11.6 Å². The predicted molar refractivity (Wildman–Crippen MR) is 42.9 cm³/mol. The molecule has 0 aromatic rings. The Balaban J connectivity index is 2.61. The van der Waals surface area contributed by atoms with E-state index in [2.05, 4.69) is 26.8 Å². The molecule has 0 aromatic carbocycles. The van der Waals surface area contributed by atoms with Crippen LogP contribution in [0.3, 0.4) is 0 Å². The molecule has 0 radical (unpaired) electrons. The molecular formula is C9H16O. The minimum Gasteiger partial charge on any atom is -0.380 e. The lowest BCUT2D eigenvalue weighted by Crippen LogP contribution is -2.05. The van der Waals surface area contributed by atoms with Crippen LogP contribution in [0, 0.1) is 11.8 Å². The number of hydrogen-bond acceptors (Lipinski definition) is 1. The van der Waals surface area contributed by atoms with Crippen molar-refractivity contribution in [3.63, 3.8) is 0 Å². The van der Waals surface area contributed by atoms with Crippen molar-refractivity contribution in [2.45, 2.75) is 20.8 Å². The minimum absolute atomic E-state index is 0.602. The van der Waals surface area contributed by atoms with Gasteiger partial charge in [0.25, 0.3) is 0 Å². The molecule has 0 fully saturated rings. The van der Waals surface area contributed by atoms with E-state index in [0.29, 0.717) is 11.8 Å². The summed E-state index contributed by atoms with van der Waals surface area (Å²) < 4.78 is 5.44. The lowest BCUT2D eigenvalue weighted by Gasteiger charge is -2.07. The monoisotopic (exact) mass is 140 g/mol. The second kappa shape index (κ2) is 3.20. The first kappa shape index (κ1) is 7.80. The average molecular weight is 140 g/mol. The summed E-state index contributed by atoms with van der Waals surface area (Å²) in [7, 11) is 0. The maximum absolute atomic E-state index is 5.44. The van der Waals surface area contributed by atoms with Crippen LogP contribution in [0.25, 0.3) is 0 Å². The molecular weight excluding hydrogens is 124 g/mol. The van der Waals surface area contributed by atoms with Gasteiger partial charge in [-0.05, 0) is 12.8 Å². The smallest absolute Gasteiger partial charge is 0.0528 e. The number of hydrogen-bond donors (Lipinski definition) is 0. The van der Waals surface area contributed by atoms with E-state index < -0.39 is 0 Å². The van der Waals surface area contributed by atoms with Crippen molar-refractivity contribution in [2.75, 3.05) is 13.2 Å². The molecule has 0 saturated heterocycles. The first-order valence-corrected chi connectivity index (χ1v) is 3.96. The molecule has 1 aliphatic rings. The van der Waals surface area contributed by atoms with Crippen LogP contribution < -0.4 is 0 Å². The SMILES string of the molecule is CC1=C[C@H](C)COC[C@H]1C. The van der Waals surface area contributed by atoms with Crippen molar-refractivity contribution < 1.29 is 4.74 Å². The minimum atomic E-state index is 0.602. The van der Waals surface area contributed by atoms with Crippen LogP contribution in [0.4, 0.5) is 0 Å². The summed E-state index contributed by atoms with van der Waals surface area (Å²) in [5.74, 6) is 1.22. The third kappa shape index (κ3) is 1.84. The summed E-state index contributed by atoms with van der Waals surface area (Å²) in [6.45, 7) is 8.38. The highest BCUT2D eigenvalue weighted by Gasteiger charge is 2.11. The van der Waals surface area contributed by atoms with E-state index in [0.717, 1.165) is 13.2 Å². The molecule has 0 aromatic heterocycles. The van der Waals surface area contributed by atoms with E-state index in [4.69, 9.17) is 4.74 Å². The molecule has 1 aliphatic heterocycles. The van der Waals surface area contributed by atoms with E-state index >= 15 is 0 Å². The van der Waals surface area contributed by atoms with Crippen LogP contribution in [0.5, 0.6) is 0 Å². The molecule has 10 heavy (non-hydrogen) atoms. The van der Waals surface area contributed by atoms with E-state index in [9.17, 15) is 0 Å². The van der Waals surface area contributed by atoms with Crippen LogP contribution in [0.2, 0.25) is 0 Å². The number of ether oxygens (including phenoxy) is 1. The first-order valence-electron chi connectivity index (χ1n) is 3.96. The average Bonchev–Trinajstić information content (AvgIpc) is 1.96. The Morgan fingerprint density at radius 1 is 1.40 bits per heavy atom. The van der Waals surface area contributed by atoms with Gasteiger partial charge in [0.2, 0.25) is 0 Å². The third-order valence-electron chi connectivity index (χ3n) is 2.07. The van der Waals surface area contributed by atoms with E-state index in [1.165, 1.54) is 5.57 Å². The van der Waals surface area contributed by atoms with Gasteiger partial charge in [-0.3, -0.25) is 0 Å². The molecule has 2 atom stereocenters. The summed E-state index contributed by atoms with van der Waals surface area (Å²) >= 11 is 0. The Morgan fingerprint density at radius 3 is 2.80 bits per heavy atom. The quantitative estimate of drug-likeness (QED) is 0.469. The highest BCUT2D eigenvalue weighted by atomic mass is 16.5. The van der Waals surface area contributed by atoms with Gasteiger partial charge in [0.05, 0.1) is 13.2 Å². The zero-order valence-corrected chi connectivity index (χ0v) is 7.05. The molecule has 0 saturated carbocycles. The highest BCUT2D eigenvalue weighted by Crippen LogP contribution is 2.17. The molecule has 58 valence electrons. The van der Waals surface area contributed by atoms with Crippen molar-refractivity contribution >= 4 is 0 Å². The molecule has 0 spiro atoms. The zero-order valence-electron chi connectivity index (χ0n) is 7.05. The molecule has 0 N–H and O–H groups in total. The van der Waals surface area contributed by atoms with Gasteiger partial charge in [0.15, 0.2) is 0 Å². The summed E-state index contributed by atoms with van der Waals surface area (Å²) in [4.78, 5) is 0. The van der Waals surface area contributed by atoms with Crippen LogP contribution >= 0.6 is 0 Å². The second-order valence-electron chi connectivity index (χ2n) is 3.33.